The second-order valence-electron chi connectivity index (χ2n) is 4.62. The van der Waals surface area contributed by atoms with E-state index in [0.29, 0.717) is 19.1 Å². The number of rotatable bonds is 9. The minimum atomic E-state index is 0.387. The van der Waals surface area contributed by atoms with Crippen molar-refractivity contribution in [1.82, 2.24) is 14.5 Å². The standard InChI is InChI=1S/C14H19BrClN3O2/c1-20-6-7-21-5-3-2-4-19-13(9-16)18-12-8-11(15)10-17-14(12)19/h8,10H,2-7,9H2,1H3. The highest BCUT2D eigenvalue weighted by molar-refractivity contribution is 9.10. The van der Waals surface area contributed by atoms with E-state index in [9.17, 15) is 0 Å². The lowest BCUT2D eigenvalue weighted by Gasteiger charge is -2.07. The Bertz CT molecular complexity index is 577. The van der Waals surface area contributed by atoms with E-state index in [2.05, 4.69) is 30.5 Å². The van der Waals surface area contributed by atoms with E-state index in [4.69, 9.17) is 21.1 Å². The molecule has 0 bridgehead atoms. The van der Waals surface area contributed by atoms with Crippen molar-refractivity contribution in [2.24, 2.45) is 0 Å². The molecule has 0 spiro atoms. The summed E-state index contributed by atoms with van der Waals surface area (Å²) in [5, 5.41) is 0. The zero-order valence-corrected chi connectivity index (χ0v) is 14.4. The van der Waals surface area contributed by atoms with Crippen molar-refractivity contribution in [1.29, 1.82) is 0 Å². The molecule has 2 rings (SSSR count). The van der Waals surface area contributed by atoms with E-state index in [-0.39, 0.29) is 0 Å². The molecule has 0 amide bonds. The molecule has 2 heterocycles. The Kier molecular flexibility index (Phi) is 6.89. The fourth-order valence-electron chi connectivity index (χ4n) is 2.09. The second kappa shape index (κ2) is 8.68. The van der Waals surface area contributed by atoms with Crippen molar-refractivity contribution < 1.29 is 9.47 Å². The number of aryl methyl sites for hydroxylation is 1. The van der Waals surface area contributed by atoms with Crippen LogP contribution in [0.5, 0.6) is 0 Å². The number of halogens is 2. The van der Waals surface area contributed by atoms with Crippen molar-refractivity contribution in [2.45, 2.75) is 25.3 Å². The van der Waals surface area contributed by atoms with Crippen molar-refractivity contribution in [3.63, 3.8) is 0 Å². The quantitative estimate of drug-likeness (QED) is 0.497. The second-order valence-corrected chi connectivity index (χ2v) is 5.80. The SMILES string of the molecule is COCCOCCCCn1c(CCl)nc2cc(Br)cnc21. The van der Waals surface area contributed by atoms with Crippen LogP contribution in [0.15, 0.2) is 16.7 Å². The minimum absolute atomic E-state index is 0.387. The molecule has 0 aliphatic heterocycles. The highest BCUT2D eigenvalue weighted by Crippen LogP contribution is 2.20. The van der Waals surface area contributed by atoms with E-state index in [1.165, 1.54) is 0 Å². The van der Waals surface area contributed by atoms with Crippen LogP contribution < -0.4 is 0 Å². The summed E-state index contributed by atoms with van der Waals surface area (Å²) in [6.07, 6.45) is 3.77. The third kappa shape index (κ3) is 4.64. The van der Waals surface area contributed by atoms with Gasteiger partial charge in [-0.05, 0) is 34.8 Å². The van der Waals surface area contributed by atoms with Gasteiger partial charge in [0, 0.05) is 30.9 Å². The van der Waals surface area contributed by atoms with Crippen molar-refractivity contribution in [2.75, 3.05) is 26.9 Å². The number of alkyl halides is 1. The van der Waals surface area contributed by atoms with Crippen LogP contribution in [0.1, 0.15) is 18.7 Å². The third-order valence-corrected chi connectivity index (χ3v) is 3.78. The molecule has 21 heavy (non-hydrogen) atoms. The Morgan fingerprint density at radius 3 is 2.90 bits per heavy atom. The van der Waals surface area contributed by atoms with Crippen LogP contribution >= 0.6 is 27.5 Å². The molecule has 0 N–H and O–H groups in total. The Hall–Kier alpha value is -0.690. The normalized spacial score (nSPS) is 11.4. The molecule has 0 fully saturated rings. The summed E-state index contributed by atoms with van der Waals surface area (Å²) in [5.41, 5.74) is 1.76. The number of ether oxygens (including phenoxy) is 2. The molecule has 0 aliphatic rings. The van der Waals surface area contributed by atoms with Crippen LogP contribution in [-0.2, 0) is 21.9 Å². The lowest BCUT2D eigenvalue weighted by Crippen LogP contribution is -2.06. The first-order valence-corrected chi connectivity index (χ1v) is 8.22. The van der Waals surface area contributed by atoms with Crippen molar-refractivity contribution >= 4 is 38.7 Å². The zero-order chi connectivity index (χ0) is 15.1. The molecule has 0 aromatic carbocycles. The van der Waals surface area contributed by atoms with Gasteiger partial charge in [-0.3, -0.25) is 0 Å². The summed E-state index contributed by atoms with van der Waals surface area (Å²) in [6, 6.07) is 1.96. The lowest BCUT2D eigenvalue weighted by molar-refractivity contribution is 0.0684. The number of nitrogens with zero attached hydrogens (tertiary/aromatic N) is 3. The highest BCUT2D eigenvalue weighted by Gasteiger charge is 2.11. The van der Waals surface area contributed by atoms with Gasteiger partial charge in [-0.25, -0.2) is 9.97 Å². The van der Waals surface area contributed by atoms with E-state index in [1.807, 2.05) is 6.07 Å². The number of pyridine rings is 1. The highest BCUT2D eigenvalue weighted by atomic mass is 79.9. The fourth-order valence-corrected chi connectivity index (χ4v) is 2.61. The monoisotopic (exact) mass is 375 g/mol. The molecule has 116 valence electrons. The smallest absolute Gasteiger partial charge is 0.160 e. The van der Waals surface area contributed by atoms with E-state index >= 15 is 0 Å². The Morgan fingerprint density at radius 2 is 2.14 bits per heavy atom. The van der Waals surface area contributed by atoms with Crippen molar-refractivity contribution in [3.8, 4) is 0 Å². The van der Waals surface area contributed by atoms with Gasteiger partial charge >= 0.3 is 0 Å². The number of methoxy groups -OCH3 is 1. The van der Waals surface area contributed by atoms with Gasteiger partial charge in [0.05, 0.1) is 19.1 Å². The largest absolute Gasteiger partial charge is 0.382 e. The van der Waals surface area contributed by atoms with Gasteiger partial charge in [-0.2, -0.15) is 0 Å². The summed E-state index contributed by atoms with van der Waals surface area (Å²) < 4.78 is 13.4. The molecule has 0 aliphatic carbocycles. The molecule has 0 atom stereocenters. The average molecular weight is 377 g/mol. The molecule has 2 aromatic heterocycles. The number of hydrogen-bond donors (Lipinski definition) is 0. The predicted molar refractivity (Wildman–Crippen MR) is 86.7 cm³/mol. The molecule has 0 unspecified atom stereocenters. The number of imidazole rings is 1. The number of aromatic nitrogens is 3. The molecule has 5 nitrogen and oxygen atoms in total. The predicted octanol–water partition coefficient (Wildman–Crippen LogP) is 3.38. The van der Waals surface area contributed by atoms with E-state index < -0.39 is 0 Å². The Labute approximate surface area is 137 Å². The van der Waals surface area contributed by atoms with Crippen LogP contribution in [0, 0.1) is 0 Å². The van der Waals surface area contributed by atoms with Gasteiger partial charge in [0.1, 0.15) is 11.3 Å². The lowest BCUT2D eigenvalue weighted by atomic mass is 10.3. The maximum Gasteiger partial charge on any atom is 0.160 e. The summed E-state index contributed by atoms with van der Waals surface area (Å²) in [6.45, 7) is 2.88. The van der Waals surface area contributed by atoms with E-state index in [0.717, 1.165) is 47.5 Å². The topological polar surface area (TPSA) is 49.2 Å². The van der Waals surface area contributed by atoms with Crippen LogP contribution in [-0.4, -0.2) is 41.5 Å². The molecule has 2 aromatic rings. The number of fused-ring (bicyclic) bond motifs is 1. The molecular weight excluding hydrogens is 358 g/mol. The maximum atomic E-state index is 5.98. The summed E-state index contributed by atoms with van der Waals surface area (Å²) in [4.78, 5) is 8.96. The van der Waals surface area contributed by atoms with E-state index in [1.54, 1.807) is 13.3 Å². The molecule has 7 heteroatoms. The van der Waals surface area contributed by atoms with Gasteiger partial charge in [0.25, 0.3) is 0 Å². The molecule has 0 saturated heterocycles. The van der Waals surface area contributed by atoms with Crippen LogP contribution in [0.25, 0.3) is 11.2 Å². The first-order valence-electron chi connectivity index (χ1n) is 6.89. The van der Waals surface area contributed by atoms with Gasteiger partial charge in [0.15, 0.2) is 5.65 Å². The van der Waals surface area contributed by atoms with Gasteiger partial charge in [-0.1, -0.05) is 0 Å². The molecular formula is C14H19BrClN3O2. The summed E-state index contributed by atoms with van der Waals surface area (Å²) in [5.74, 6) is 1.25. The van der Waals surface area contributed by atoms with Crippen molar-refractivity contribution in [3.05, 3.63) is 22.6 Å². The Morgan fingerprint density at radius 1 is 1.29 bits per heavy atom. The molecule has 0 saturated carbocycles. The number of unbranched alkanes of at least 4 members (excludes halogenated alkanes) is 1. The fraction of sp³-hybridized carbons (Fsp3) is 0.571. The van der Waals surface area contributed by atoms with Gasteiger partial charge < -0.3 is 14.0 Å². The first-order chi connectivity index (χ1) is 10.3. The van der Waals surface area contributed by atoms with Crippen LogP contribution in [0.2, 0.25) is 0 Å². The van der Waals surface area contributed by atoms with Crippen LogP contribution in [0.4, 0.5) is 0 Å². The summed E-state index contributed by atoms with van der Waals surface area (Å²) >= 11 is 9.39. The first kappa shape index (κ1) is 16.7. The average Bonchev–Trinajstić information content (AvgIpc) is 2.83. The minimum Gasteiger partial charge on any atom is -0.382 e. The summed E-state index contributed by atoms with van der Waals surface area (Å²) in [7, 11) is 1.67. The Balaban J connectivity index is 1.91. The maximum absolute atomic E-state index is 5.98. The zero-order valence-electron chi connectivity index (χ0n) is 12.0. The van der Waals surface area contributed by atoms with Gasteiger partial charge in [0.2, 0.25) is 0 Å². The third-order valence-electron chi connectivity index (χ3n) is 3.10. The van der Waals surface area contributed by atoms with Crippen LogP contribution in [0.3, 0.4) is 0 Å². The van der Waals surface area contributed by atoms with Gasteiger partial charge in [-0.15, -0.1) is 11.6 Å². The molecule has 0 radical (unpaired) electrons. The number of hydrogen-bond acceptors (Lipinski definition) is 4.